The van der Waals surface area contributed by atoms with Crippen molar-refractivity contribution in [3.8, 4) is 5.75 Å². The Bertz CT molecular complexity index is 351. The molecule has 0 bridgehead atoms. The van der Waals surface area contributed by atoms with E-state index in [2.05, 4.69) is 5.32 Å². The molecule has 1 fully saturated rings. The van der Waals surface area contributed by atoms with Gasteiger partial charge in [-0.15, -0.1) is 0 Å². The van der Waals surface area contributed by atoms with E-state index < -0.39 is 11.6 Å². The van der Waals surface area contributed by atoms with Crippen LogP contribution in [0.15, 0.2) is 18.2 Å². The van der Waals surface area contributed by atoms with Gasteiger partial charge in [0.05, 0.1) is 6.61 Å². The van der Waals surface area contributed by atoms with Crippen molar-refractivity contribution in [3.63, 3.8) is 0 Å². The Balaban J connectivity index is 1.78. The molecule has 1 unspecified atom stereocenters. The molecule has 1 saturated heterocycles. The van der Waals surface area contributed by atoms with Gasteiger partial charge >= 0.3 is 0 Å². The average molecular weight is 227 g/mol. The smallest absolute Gasteiger partial charge is 0.162 e. The van der Waals surface area contributed by atoms with Crippen LogP contribution in [-0.2, 0) is 0 Å². The van der Waals surface area contributed by atoms with E-state index in [4.69, 9.17) is 4.74 Å². The molecule has 16 heavy (non-hydrogen) atoms. The van der Waals surface area contributed by atoms with E-state index in [0.29, 0.717) is 18.4 Å². The van der Waals surface area contributed by atoms with Gasteiger partial charge in [-0.05, 0) is 37.9 Å². The van der Waals surface area contributed by atoms with Gasteiger partial charge < -0.3 is 10.1 Å². The maximum atomic E-state index is 12.8. The topological polar surface area (TPSA) is 21.3 Å². The number of ether oxygens (including phenoxy) is 1. The second kappa shape index (κ2) is 5.25. The SMILES string of the molecule is Fc1ccc(OCCC2CCCN2)cc1F. The maximum absolute atomic E-state index is 12.8. The summed E-state index contributed by atoms with van der Waals surface area (Å²) >= 11 is 0. The van der Waals surface area contributed by atoms with Crippen LogP contribution < -0.4 is 10.1 Å². The fourth-order valence-electron chi connectivity index (χ4n) is 1.89. The minimum atomic E-state index is -0.864. The molecule has 4 heteroatoms. The molecule has 0 aliphatic carbocycles. The summed E-state index contributed by atoms with van der Waals surface area (Å²) < 4.78 is 30.8. The molecule has 1 heterocycles. The summed E-state index contributed by atoms with van der Waals surface area (Å²) in [7, 11) is 0. The van der Waals surface area contributed by atoms with Gasteiger partial charge in [0.1, 0.15) is 5.75 Å². The van der Waals surface area contributed by atoms with E-state index in [1.54, 1.807) is 0 Å². The van der Waals surface area contributed by atoms with Crippen molar-refractivity contribution in [2.45, 2.75) is 25.3 Å². The van der Waals surface area contributed by atoms with Crippen LogP contribution in [0.2, 0.25) is 0 Å². The molecule has 2 rings (SSSR count). The van der Waals surface area contributed by atoms with E-state index in [1.807, 2.05) is 0 Å². The number of hydrogen-bond acceptors (Lipinski definition) is 2. The van der Waals surface area contributed by atoms with Gasteiger partial charge in [0, 0.05) is 12.1 Å². The first-order valence-electron chi connectivity index (χ1n) is 5.57. The summed E-state index contributed by atoms with van der Waals surface area (Å²) in [5, 5.41) is 3.35. The quantitative estimate of drug-likeness (QED) is 0.853. The highest BCUT2D eigenvalue weighted by Crippen LogP contribution is 2.16. The lowest BCUT2D eigenvalue weighted by Crippen LogP contribution is -2.23. The first-order valence-corrected chi connectivity index (χ1v) is 5.57. The first-order chi connectivity index (χ1) is 7.75. The van der Waals surface area contributed by atoms with Gasteiger partial charge in [0.15, 0.2) is 11.6 Å². The van der Waals surface area contributed by atoms with Crippen LogP contribution >= 0.6 is 0 Å². The Morgan fingerprint density at radius 3 is 2.88 bits per heavy atom. The van der Waals surface area contributed by atoms with E-state index >= 15 is 0 Å². The lowest BCUT2D eigenvalue weighted by atomic mass is 10.2. The van der Waals surface area contributed by atoms with Crippen molar-refractivity contribution in [2.75, 3.05) is 13.2 Å². The Morgan fingerprint density at radius 1 is 1.31 bits per heavy atom. The lowest BCUT2D eigenvalue weighted by Gasteiger charge is -2.11. The number of halogens is 2. The van der Waals surface area contributed by atoms with E-state index in [1.165, 1.54) is 18.9 Å². The molecule has 0 amide bonds. The summed E-state index contributed by atoms with van der Waals surface area (Å²) in [6.07, 6.45) is 3.27. The van der Waals surface area contributed by atoms with Crippen molar-refractivity contribution < 1.29 is 13.5 Å². The molecule has 1 N–H and O–H groups in total. The van der Waals surface area contributed by atoms with Crippen LogP contribution in [0.25, 0.3) is 0 Å². The fourth-order valence-corrected chi connectivity index (χ4v) is 1.89. The number of benzene rings is 1. The summed E-state index contributed by atoms with van der Waals surface area (Å²) in [6, 6.07) is 4.11. The monoisotopic (exact) mass is 227 g/mol. The fraction of sp³-hybridized carbons (Fsp3) is 0.500. The first kappa shape index (κ1) is 11.3. The molecule has 0 aromatic heterocycles. The highest BCUT2D eigenvalue weighted by atomic mass is 19.2. The van der Waals surface area contributed by atoms with Crippen LogP contribution in [0.5, 0.6) is 5.75 Å². The molecule has 2 nitrogen and oxygen atoms in total. The normalized spacial score (nSPS) is 20.0. The Hall–Kier alpha value is -1.16. The van der Waals surface area contributed by atoms with Crippen LogP contribution in [0.4, 0.5) is 8.78 Å². The molecule has 0 saturated carbocycles. The molecule has 1 aromatic carbocycles. The summed E-state index contributed by atoms with van der Waals surface area (Å²) in [5.41, 5.74) is 0. The third-order valence-electron chi connectivity index (χ3n) is 2.79. The van der Waals surface area contributed by atoms with E-state index in [9.17, 15) is 8.78 Å². The molecule has 0 spiro atoms. The molecule has 1 aliphatic heterocycles. The molecular formula is C12H15F2NO. The highest BCUT2D eigenvalue weighted by molar-refractivity contribution is 5.23. The predicted octanol–water partition coefficient (Wildman–Crippen LogP) is 2.49. The molecule has 1 aliphatic rings. The molecule has 1 aromatic rings. The number of hydrogen-bond donors (Lipinski definition) is 1. The third kappa shape index (κ3) is 2.92. The molecule has 1 atom stereocenters. The minimum absolute atomic E-state index is 0.386. The molecule has 88 valence electrons. The zero-order valence-corrected chi connectivity index (χ0v) is 9.01. The Labute approximate surface area is 93.6 Å². The van der Waals surface area contributed by atoms with Crippen molar-refractivity contribution in [1.82, 2.24) is 5.32 Å². The van der Waals surface area contributed by atoms with Gasteiger partial charge in [-0.25, -0.2) is 8.78 Å². The van der Waals surface area contributed by atoms with Gasteiger partial charge in [-0.2, -0.15) is 0 Å². The number of nitrogens with one attached hydrogen (secondary N) is 1. The summed E-state index contributed by atoms with van der Waals surface area (Å²) in [6.45, 7) is 1.60. The second-order valence-electron chi connectivity index (χ2n) is 4.01. The largest absolute Gasteiger partial charge is 0.493 e. The van der Waals surface area contributed by atoms with Gasteiger partial charge in [-0.3, -0.25) is 0 Å². The third-order valence-corrected chi connectivity index (χ3v) is 2.79. The minimum Gasteiger partial charge on any atom is -0.493 e. The zero-order valence-electron chi connectivity index (χ0n) is 9.01. The van der Waals surface area contributed by atoms with Gasteiger partial charge in [0.2, 0.25) is 0 Å². The van der Waals surface area contributed by atoms with Crippen LogP contribution in [0.1, 0.15) is 19.3 Å². The predicted molar refractivity (Wildman–Crippen MR) is 57.5 cm³/mol. The molecular weight excluding hydrogens is 212 g/mol. The van der Waals surface area contributed by atoms with Crippen LogP contribution in [-0.4, -0.2) is 19.2 Å². The standard InChI is InChI=1S/C12H15F2NO/c13-11-4-3-10(8-12(11)14)16-7-5-9-2-1-6-15-9/h3-4,8-9,15H,1-2,5-7H2. The van der Waals surface area contributed by atoms with Crippen LogP contribution in [0, 0.1) is 11.6 Å². The lowest BCUT2D eigenvalue weighted by molar-refractivity contribution is 0.290. The Kier molecular flexibility index (Phi) is 3.72. The highest BCUT2D eigenvalue weighted by Gasteiger charge is 2.13. The summed E-state index contributed by atoms with van der Waals surface area (Å²) in [4.78, 5) is 0. The average Bonchev–Trinajstić information content (AvgIpc) is 2.76. The summed E-state index contributed by atoms with van der Waals surface area (Å²) in [5.74, 6) is -1.32. The van der Waals surface area contributed by atoms with Gasteiger partial charge in [-0.1, -0.05) is 0 Å². The van der Waals surface area contributed by atoms with Crippen molar-refractivity contribution in [2.24, 2.45) is 0 Å². The zero-order chi connectivity index (χ0) is 11.4. The van der Waals surface area contributed by atoms with Crippen molar-refractivity contribution in [3.05, 3.63) is 29.8 Å². The van der Waals surface area contributed by atoms with E-state index in [0.717, 1.165) is 25.1 Å². The Morgan fingerprint density at radius 2 is 2.19 bits per heavy atom. The van der Waals surface area contributed by atoms with Crippen molar-refractivity contribution >= 4 is 0 Å². The number of rotatable bonds is 4. The van der Waals surface area contributed by atoms with Gasteiger partial charge in [0.25, 0.3) is 0 Å². The second-order valence-corrected chi connectivity index (χ2v) is 4.01. The maximum Gasteiger partial charge on any atom is 0.162 e. The van der Waals surface area contributed by atoms with Crippen LogP contribution in [0.3, 0.4) is 0 Å². The van der Waals surface area contributed by atoms with Crippen molar-refractivity contribution in [1.29, 1.82) is 0 Å². The molecule has 0 radical (unpaired) electrons. The van der Waals surface area contributed by atoms with E-state index in [-0.39, 0.29) is 0 Å².